The monoisotopic (exact) mass is 483 g/mol. The fourth-order valence-corrected chi connectivity index (χ4v) is 7.22. The van der Waals surface area contributed by atoms with Gasteiger partial charge in [-0.2, -0.15) is 0 Å². The number of aliphatic hydroxyl groups excluding tert-OH is 1. The molecule has 2 aromatic heterocycles. The van der Waals surface area contributed by atoms with Gasteiger partial charge in [0.25, 0.3) is 0 Å². The molecule has 1 spiro atoms. The van der Waals surface area contributed by atoms with E-state index in [1.807, 2.05) is 18.5 Å². The number of anilines is 2. The number of hydrogen-bond acceptors (Lipinski definition) is 8. The third-order valence-electron chi connectivity index (χ3n) is 8.07. The van der Waals surface area contributed by atoms with Crippen LogP contribution in [0.4, 0.5) is 11.6 Å². The molecule has 3 aliphatic heterocycles. The van der Waals surface area contributed by atoms with Crippen molar-refractivity contribution in [2.45, 2.75) is 74.8 Å². The van der Waals surface area contributed by atoms with Crippen LogP contribution in [0.25, 0.3) is 0 Å². The highest BCUT2D eigenvalue weighted by molar-refractivity contribution is 7.99. The van der Waals surface area contributed by atoms with Crippen LogP contribution in [0.5, 0.6) is 5.75 Å². The first-order chi connectivity index (χ1) is 16.6. The van der Waals surface area contributed by atoms with E-state index in [2.05, 4.69) is 28.6 Å². The van der Waals surface area contributed by atoms with E-state index in [9.17, 15) is 0 Å². The lowest BCUT2D eigenvalue weighted by molar-refractivity contribution is 0.226. The number of ether oxygens (including phenoxy) is 1. The Hall–Kier alpha value is -2.06. The van der Waals surface area contributed by atoms with Gasteiger partial charge < -0.3 is 19.6 Å². The van der Waals surface area contributed by atoms with Gasteiger partial charge in [-0.25, -0.2) is 15.0 Å². The molecule has 2 unspecified atom stereocenters. The maximum absolute atomic E-state index is 7.00. The Kier molecular flexibility index (Phi) is 6.89. The molecule has 2 saturated heterocycles. The second-order valence-corrected chi connectivity index (χ2v) is 11.4. The van der Waals surface area contributed by atoms with E-state index >= 15 is 0 Å². The van der Waals surface area contributed by atoms with Gasteiger partial charge in [-0.3, -0.25) is 0 Å². The maximum Gasteiger partial charge on any atom is 0.175 e. The van der Waals surface area contributed by atoms with Gasteiger partial charge in [0.2, 0.25) is 0 Å². The number of rotatable bonds is 3. The molecule has 5 heterocycles. The van der Waals surface area contributed by atoms with E-state index in [0.29, 0.717) is 17.4 Å². The van der Waals surface area contributed by atoms with E-state index < -0.39 is 0 Å². The molecular weight excluding hydrogens is 446 g/mol. The average Bonchev–Trinajstić information content (AvgIpc) is 3.47. The molecule has 0 amide bonds. The topological polar surface area (TPSA) is 74.6 Å². The van der Waals surface area contributed by atoms with Crippen LogP contribution in [0.2, 0.25) is 0 Å². The van der Waals surface area contributed by atoms with Crippen molar-refractivity contribution in [3.63, 3.8) is 0 Å². The van der Waals surface area contributed by atoms with Gasteiger partial charge >= 0.3 is 0 Å². The Morgan fingerprint density at radius 2 is 1.85 bits per heavy atom. The van der Waals surface area contributed by atoms with Crippen LogP contribution in [-0.4, -0.2) is 59.5 Å². The second-order valence-electron chi connectivity index (χ2n) is 10.3. The highest BCUT2D eigenvalue weighted by Gasteiger charge is 2.38. The average molecular weight is 484 g/mol. The molecule has 0 aromatic carbocycles. The molecule has 3 fully saturated rings. The van der Waals surface area contributed by atoms with Crippen molar-refractivity contribution >= 4 is 23.4 Å². The summed E-state index contributed by atoms with van der Waals surface area (Å²) in [6, 6.07) is 2.50. The summed E-state index contributed by atoms with van der Waals surface area (Å²) in [6.45, 7) is 8.45. The van der Waals surface area contributed by atoms with Crippen LogP contribution in [0.1, 0.15) is 57.6 Å². The lowest BCUT2D eigenvalue weighted by atomic mass is 9.77. The predicted molar refractivity (Wildman–Crippen MR) is 136 cm³/mol. The van der Waals surface area contributed by atoms with Gasteiger partial charge in [-0.05, 0) is 56.4 Å². The van der Waals surface area contributed by atoms with Gasteiger partial charge in [0.15, 0.2) is 11.6 Å². The first-order valence-electron chi connectivity index (χ1n) is 12.7. The minimum absolute atomic E-state index is 0.458. The summed E-state index contributed by atoms with van der Waals surface area (Å²) in [5.74, 6) is 3.64. The minimum Gasteiger partial charge on any atom is -0.486 e. The first kappa shape index (κ1) is 23.7. The maximum atomic E-state index is 7.00. The molecule has 6 rings (SSSR count). The molecule has 0 radical (unpaired) electrons. The highest BCUT2D eigenvalue weighted by atomic mass is 32.2. The quantitative estimate of drug-likeness (QED) is 0.673. The summed E-state index contributed by atoms with van der Waals surface area (Å²) in [5, 5.41) is 7.92. The summed E-state index contributed by atoms with van der Waals surface area (Å²) in [4.78, 5) is 20.4. The smallest absolute Gasteiger partial charge is 0.175 e. The lowest BCUT2D eigenvalue weighted by Gasteiger charge is -2.40. The Bertz CT molecular complexity index is 1000. The number of fused-ring (bicyclic) bond motifs is 3. The van der Waals surface area contributed by atoms with Crippen molar-refractivity contribution in [2.75, 3.05) is 43.2 Å². The van der Waals surface area contributed by atoms with Crippen molar-refractivity contribution in [1.29, 1.82) is 0 Å². The van der Waals surface area contributed by atoms with Gasteiger partial charge in [0.05, 0.1) is 22.8 Å². The van der Waals surface area contributed by atoms with Crippen LogP contribution in [0.3, 0.4) is 0 Å². The van der Waals surface area contributed by atoms with Gasteiger partial charge in [-0.1, -0.05) is 31.5 Å². The summed E-state index contributed by atoms with van der Waals surface area (Å²) >= 11 is 1.64. The zero-order valence-electron chi connectivity index (χ0n) is 20.7. The molecular formula is C26H37N5O2S. The van der Waals surface area contributed by atoms with Crippen molar-refractivity contribution in [2.24, 2.45) is 11.3 Å². The highest BCUT2D eigenvalue weighted by Crippen LogP contribution is 2.47. The third kappa shape index (κ3) is 4.47. The summed E-state index contributed by atoms with van der Waals surface area (Å²) < 4.78 is 6.20. The largest absolute Gasteiger partial charge is 0.486 e. The molecule has 0 bridgehead atoms. The number of pyridine rings is 1. The number of aromatic nitrogens is 3. The molecule has 184 valence electrons. The summed E-state index contributed by atoms with van der Waals surface area (Å²) in [6.07, 6.45) is 13.3. The SMILES string of the molecule is CO.Cc1nc(Sc2ccnc3c2OCC2CC(C)CN32)cnc1N1CCC2(CCCC2)CC1. The van der Waals surface area contributed by atoms with Crippen molar-refractivity contribution in [1.82, 2.24) is 15.0 Å². The van der Waals surface area contributed by atoms with Gasteiger partial charge in [0, 0.05) is 32.9 Å². The molecule has 8 heteroatoms. The van der Waals surface area contributed by atoms with E-state index in [0.717, 1.165) is 66.4 Å². The number of hydrogen-bond donors (Lipinski definition) is 1. The zero-order valence-corrected chi connectivity index (χ0v) is 21.5. The Labute approximate surface area is 207 Å². The molecule has 1 aliphatic carbocycles. The molecule has 2 aromatic rings. The molecule has 1 N–H and O–H groups in total. The number of aliphatic hydroxyl groups is 1. The van der Waals surface area contributed by atoms with E-state index in [4.69, 9.17) is 19.8 Å². The number of aryl methyl sites for hydroxylation is 1. The fraction of sp³-hybridized carbons (Fsp3) is 0.654. The summed E-state index contributed by atoms with van der Waals surface area (Å²) in [5.41, 5.74) is 1.65. The molecule has 2 atom stereocenters. The minimum atomic E-state index is 0.458. The number of nitrogens with zero attached hydrogens (tertiary/aromatic N) is 5. The van der Waals surface area contributed by atoms with Gasteiger partial charge in [-0.15, -0.1) is 0 Å². The second kappa shape index (κ2) is 9.90. The normalized spacial score (nSPS) is 24.8. The van der Waals surface area contributed by atoms with E-state index in [1.165, 1.54) is 44.9 Å². The zero-order chi connectivity index (χ0) is 23.7. The Morgan fingerprint density at radius 1 is 1.09 bits per heavy atom. The number of piperidine rings is 1. The van der Waals surface area contributed by atoms with E-state index in [1.54, 1.807) is 11.8 Å². The van der Waals surface area contributed by atoms with Crippen LogP contribution in [0, 0.1) is 18.3 Å². The molecule has 7 nitrogen and oxygen atoms in total. The van der Waals surface area contributed by atoms with Crippen molar-refractivity contribution in [3.8, 4) is 5.75 Å². The van der Waals surface area contributed by atoms with Crippen LogP contribution < -0.4 is 14.5 Å². The van der Waals surface area contributed by atoms with Crippen molar-refractivity contribution in [3.05, 3.63) is 24.2 Å². The summed E-state index contributed by atoms with van der Waals surface area (Å²) in [7, 11) is 1.00. The Morgan fingerprint density at radius 3 is 2.59 bits per heavy atom. The first-order valence-corrected chi connectivity index (χ1v) is 13.5. The molecule has 34 heavy (non-hydrogen) atoms. The van der Waals surface area contributed by atoms with E-state index in [-0.39, 0.29) is 0 Å². The predicted octanol–water partition coefficient (Wildman–Crippen LogP) is 4.71. The standard InChI is InChI=1S/C25H33N5OS.CH4O/c1-17-13-19-16-31-22-20(5-10-26-24(22)30(19)15-17)32-21-14-27-23(18(2)28-21)29-11-8-25(9-12-29)6-3-4-7-25;1-2/h5,10,14,17,19H,3-4,6-9,11-13,15-16H2,1-2H3;2H,1H3. The van der Waals surface area contributed by atoms with Crippen molar-refractivity contribution < 1.29 is 9.84 Å². The van der Waals surface area contributed by atoms with Crippen LogP contribution >= 0.6 is 11.8 Å². The Balaban J connectivity index is 0.00000117. The lowest BCUT2D eigenvalue weighted by Crippen LogP contribution is -2.39. The molecule has 4 aliphatic rings. The fourth-order valence-electron chi connectivity index (χ4n) is 6.33. The third-order valence-corrected chi connectivity index (χ3v) is 9.01. The van der Waals surface area contributed by atoms with Gasteiger partial charge in [0.1, 0.15) is 17.5 Å². The van der Waals surface area contributed by atoms with Crippen LogP contribution in [0.15, 0.2) is 28.4 Å². The molecule has 1 saturated carbocycles. The van der Waals surface area contributed by atoms with Crippen LogP contribution in [-0.2, 0) is 0 Å².